The first-order valence-corrected chi connectivity index (χ1v) is 15.4. The van der Waals surface area contributed by atoms with Crippen LogP contribution in [0.2, 0.25) is 0 Å². The van der Waals surface area contributed by atoms with Crippen molar-refractivity contribution in [3.8, 4) is 28.0 Å². The Morgan fingerprint density at radius 3 is 2.20 bits per heavy atom. The standard InChI is InChI=1S/C37H47NO2/c1-5-7-8-9-28-10-12-30(13-11-28)31-14-16-33(17-15-31)36-23-20-34(26-29(36)6-2)32-18-21-35(22-19-32)40-25-24-38-37(39)27(3)4/h14-23,26,28,30H,3,5-13,24-25H2,1-2,4H3,(H,38,39). The maximum atomic E-state index is 11.6. The molecule has 0 saturated heterocycles. The van der Waals surface area contributed by atoms with E-state index in [1.165, 1.54) is 84.7 Å². The molecule has 212 valence electrons. The molecule has 0 aromatic heterocycles. The highest BCUT2D eigenvalue weighted by atomic mass is 16.5. The van der Waals surface area contributed by atoms with E-state index in [1.807, 2.05) is 12.1 Å². The average Bonchev–Trinajstić information content (AvgIpc) is 3.00. The molecule has 3 aromatic rings. The maximum absolute atomic E-state index is 11.6. The number of rotatable bonds is 13. The third-order valence-electron chi connectivity index (χ3n) is 8.47. The quantitative estimate of drug-likeness (QED) is 0.174. The van der Waals surface area contributed by atoms with E-state index in [0.29, 0.717) is 18.7 Å². The van der Waals surface area contributed by atoms with Gasteiger partial charge in [-0.1, -0.05) is 101 Å². The van der Waals surface area contributed by atoms with Crippen molar-refractivity contribution in [3.63, 3.8) is 0 Å². The summed E-state index contributed by atoms with van der Waals surface area (Å²) in [4.78, 5) is 11.6. The molecule has 3 nitrogen and oxygen atoms in total. The predicted molar refractivity (Wildman–Crippen MR) is 169 cm³/mol. The van der Waals surface area contributed by atoms with E-state index in [4.69, 9.17) is 4.74 Å². The second-order valence-corrected chi connectivity index (χ2v) is 11.5. The number of carbonyl (C=O) groups excluding carboxylic acids is 1. The highest BCUT2D eigenvalue weighted by molar-refractivity contribution is 5.92. The van der Waals surface area contributed by atoms with Gasteiger partial charge in [0, 0.05) is 5.57 Å². The zero-order chi connectivity index (χ0) is 28.3. The molecule has 0 heterocycles. The summed E-state index contributed by atoms with van der Waals surface area (Å²) in [6, 6.07) is 24.5. The van der Waals surface area contributed by atoms with Crippen LogP contribution in [0.25, 0.3) is 22.3 Å². The summed E-state index contributed by atoms with van der Waals surface area (Å²) in [5, 5.41) is 2.79. The van der Waals surface area contributed by atoms with E-state index in [9.17, 15) is 4.79 Å². The normalized spacial score (nSPS) is 16.9. The Hall–Kier alpha value is -3.33. The van der Waals surface area contributed by atoms with E-state index >= 15 is 0 Å². The van der Waals surface area contributed by atoms with Gasteiger partial charge in [0.1, 0.15) is 12.4 Å². The monoisotopic (exact) mass is 537 g/mol. The van der Waals surface area contributed by atoms with Crippen molar-refractivity contribution in [3.05, 3.63) is 90.0 Å². The number of benzene rings is 3. The lowest BCUT2D eigenvalue weighted by Gasteiger charge is -2.29. The summed E-state index contributed by atoms with van der Waals surface area (Å²) in [5.41, 5.74) is 8.41. The Morgan fingerprint density at radius 1 is 0.875 bits per heavy atom. The number of amides is 1. The minimum atomic E-state index is -0.138. The van der Waals surface area contributed by atoms with Crippen LogP contribution in [0.15, 0.2) is 78.9 Å². The first-order valence-electron chi connectivity index (χ1n) is 15.4. The Morgan fingerprint density at radius 2 is 1.55 bits per heavy atom. The summed E-state index contributed by atoms with van der Waals surface area (Å²) >= 11 is 0. The lowest BCUT2D eigenvalue weighted by atomic mass is 9.77. The number of nitrogens with one attached hydrogen (secondary N) is 1. The van der Waals surface area contributed by atoms with Crippen molar-refractivity contribution >= 4 is 5.91 Å². The lowest BCUT2D eigenvalue weighted by Crippen LogP contribution is -2.28. The number of hydrogen-bond acceptors (Lipinski definition) is 2. The van der Waals surface area contributed by atoms with Crippen LogP contribution in [0, 0.1) is 5.92 Å². The van der Waals surface area contributed by atoms with Gasteiger partial charge in [0.25, 0.3) is 0 Å². The van der Waals surface area contributed by atoms with Crippen molar-refractivity contribution in [1.29, 1.82) is 0 Å². The van der Waals surface area contributed by atoms with Gasteiger partial charge < -0.3 is 10.1 Å². The number of hydrogen-bond donors (Lipinski definition) is 1. The van der Waals surface area contributed by atoms with Gasteiger partial charge in [0.15, 0.2) is 0 Å². The van der Waals surface area contributed by atoms with Crippen LogP contribution < -0.4 is 10.1 Å². The molecule has 0 radical (unpaired) electrons. The molecule has 40 heavy (non-hydrogen) atoms. The average molecular weight is 538 g/mol. The summed E-state index contributed by atoms with van der Waals surface area (Å²) in [6.45, 7) is 10.8. The Balaban J connectivity index is 1.35. The van der Waals surface area contributed by atoms with Crippen LogP contribution >= 0.6 is 0 Å². The topological polar surface area (TPSA) is 38.3 Å². The van der Waals surface area contributed by atoms with E-state index in [0.717, 1.165) is 24.0 Å². The fourth-order valence-corrected chi connectivity index (χ4v) is 5.98. The molecule has 0 atom stereocenters. The first kappa shape index (κ1) is 29.6. The van der Waals surface area contributed by atoms with Crippen LogP contribution in [-0.4, -0.2) is 19.1 Å². The van der Waals surface area contributed by atoms with Crippen molar-refractivity contribution < 1.29 is 9.53 Å². The molecular formula is C37H47NO2. The molecular weight excluding hydrogens is 490 g/mol. The fourth-order valence-electron chi connectivity index (χ4n) is 5.98. The molecule has 1 aliphatic rings. The predicted octanol–water partition coefficient (Wildman–Crippen LogP) is 9.51. The molecule has 0 bridgehead atoms. The second-order valence-electron chi connectivity index (χ2n) is 11.5. The third kappa shape index (κ3) is 8.10. The van der Waals surface area contributed by atoms with E-state index in [-0.39, 0.29) is 5.91 Å². The highest BCUT2D eigenvalue weighted by Gasteiger charge is 2.22. The molecule has 1 amide bonds. The fraction of sp³-hybridized carbons (Fsp3) is 0.432. The number of aryl methyl sites for hydroxylation is 1. The minimum absolute atomic E-state index is 0.138. The van der Waals surface area contributed by atoms with E-state index in [2.05, 4.69) is 80.3 Å². The molecule has 1 N–H and O–H groups in total. The van der Waals surface area contributed by atoms with Crippen LogP contribution in [0.1, 0.15) is 89.2 Å². The van der Waals surface area contributed by atoms with Crippen molar-refractivity contribution in [2.24, 2.45) is 5.92 Å². The summed E-state index contributed by atoms with van der Waals surface area (Å²) in [6.07, 6.45) is 12.1. The Labute approximate surface area is 242 Å². The molecule has 0 spiro atoms. The maximum Gasteiger partial charge on any atom is 0.246 e. The summed E-state index contributed by atoms with van der Waals surface area (Å²) < 4.78 is 5.78. The number of ether oxygens (including phenoxy) is 1. The van der Waals surface area contributed by atoms with Crippen molar-refractivity contribution in [2.75, 3.05) is 13.2 Å². The molecule has 1 saturated carbocycles. The molecule has 1 fully saturated rings. The summed E-state index contributed by atoms with van der Waals surface area (Å²) in [7, 11) is 0. The Kier molecular flexibility index (Phi) is 11.0. The molecule has 0 unspecified atom stereocenters. The smallest absolute Gasteiger partial charge is 0.246 e. The highest BCUT2D eigenvalue weighted by Crippen LogP contribution is 2.39. The minimum Gasteiger partial charge on any atom is -0.492 e. The van der Waals surface area contributed by atoms with Gasteiger partial charge in [-0.25, -0.2) is 0 Å². The first-order chi connectivity index (χ1) is 19.5. The van der Waals surface area contributed by atoms with Gasteiger partial charge >= 0.3 is 0 Å². The van der Waals surface area contributed by atoms with Crippen LogP contribution in [0.4, 0.5) is 0 Å². The van der Waals surface area contributed by atoms with Gasteiger partial charge in [0.05, 0.1) is 6.54 Å². The van der Waals surface area contributed by atoms with E-state index < -0.39 is 0 Å². The molecule has 4 rings (SSSR count). The van der Waals surface area contributed by atoms with E-state index in [1.54, 1.807) is 6.92 Å². The number of carbonyl (C=O) groups is 1. The largest absolute Gasteiger partial charge is 0.492 e. The zero-order valence-electron chi connectivity index (χ0n) is 24.8. The van der Waals surface area contributed by atoms with Gasteiger partial charge in [-0.2, -0.15) is 0 Å². The van der Waals surface area contributed by atoms with Crippen LogP contribution in [-0.2, 0) is 11.2 Å². The van der Waals surface area contributed by atoms with Crippen LogP contribution in [0.3, 0.4) is 0 Å². The van der Waals surface area contributed by atoms with Gasteiger partial charge in [0.2, 0.25) is 5.91 Å². The second kappa shape index (κ2) is 14.9. The van der Waals surface area contributed by atoms with Gasteiger partial charge in [-0.05, 0) is 96.4 Å². The van der Waals surface area contributed by atoms with Gasteiger partial charge in [-0.15, -0.1) is 0 Å². The number of unbranched alkanes of at least 4 members (excludes halogenated alkanes) is 2. The Bertz CT molecular complexity index is 1230. The van der Waals surface area contributed by atoms with Crippen molar-refractivity contribution in [1.82, 2.24) is 5.32 Å². The van der Waals surface area contributed by atoms with Crippen molar-refractivity contribution in [2.45, 2.75) is 84.5 Å². The molecule has 3 heteroatoms. The molecule has 1 aliphatic carbocycles. The van der Waals surface area contributed by atoms with Gasteiger partial charge in [-0.3, -0.25) is 4.79 Å². The SMILES string of the molecule is C=C(C)C(=O)NCCOc1ccc(-c2ccc(-c3ccc(C4CCC(CCCCC)CC4)cc3)c(CC)c2)cc1. The molecule has 3 aromatic carbocycles. The lowest BCUT2D eigenvalue weighted by molar-refractivity contribution is -0.117. The zero-order valence-corrected chi connectivity index (χ0v) is 24.8. The third-order valence-corrected chi connectivity index (χ3v) is 8.47. The summed E-state index contributed by atoms with van der Waals surface area (Å²) in [5.74, 6) is 2.34. The molecule has 0 aliphatic heterocycles. The van der Waals surface area contributed by atoms with Crippen LogP contribution in [0.5, 0.6) is 5.75 Å².